The van der Waals surface area contributed by atoms with Gasteiger partial charge in [0.05, 0.1) is 16.3 Å². The van der Waals surface area contributed by atoms with E-state index >= 15 is 0 Å². The Bertz CT molecular complexity index is 975. The summed E-state index contributed by atoms with van der Waals surface area (Å²) in [6.07, 6.45) is -0.517. The Balaban J connectivity index is 2.02. The third-order valence-corrected chi connectivity index (χ3v) is 5.11. The highest BCUT2D eigenvalue weighted by Crippen LogP contribution is 2.38. The zero-order valence-corrected chi connectivity index (χ0v) is 16.0. The van der Waals surface area contributed by atoms with Gasteiger partial charge in [0.2, 0.25) is 5.95 Å². The largest absolute Gasteiger partial charge is 0.425 e. The van der Waals surface area contributed by atoms with Crippen molar-refractivity contribution >= 4 is 33.4 Å². The van der Waals surface area contributed by atoms with Gasteiger partial charge in [-0.25, -0.2) is 9.97 Å². The smallest absolute Gasteiger partial charge is 0.351 e. The number of alkyl halides is 3. The summed E-state index contributed by atoms with van der Waals surface area (Å²) in [5.74, 6) is -0.445. The van der Waals surface area contributed by atoms with Crippen molar-refractivity contribution in [2.75, 3.05) is 11.9 Å². The maximum atomic E-state index is 13.1. The fraction of sp³-hybridized carbons (Fsp3) is 0.333. The van der Waals surface area contributed by atoms with Crippen molar-refractivity contribution in [3.63, 3.8) is 0 Å². The third-order valence-electron chi connectivity index (χ3n) is 3.93. The van der Waals surface area contributed by atoms with Crippen molar-refractivity contribution in [2.45, 2.75) is 32.5 Å². The predicted molar refractivity (Wildman–Crippen MR) is 101 cm³/mol. The predicted octanol–water partition coefficient (Wildman–Crippen LogP) is 4.42. The molecule has 0 fully saturated rings. The van der Waals surface area contributed by atoms with Gasteiger partial charge in [0.1, 0.15) is 4.88 Å². The molecule has 3 aromatic heterocycles. The molecule has 6 nitrogen and oxygen atoms in total. The minimum Gasteiger partial charge on any atom is -0.351 e. The van der Waals surface area contributed by atoms with Crippen LogP contribution < -0.4 is 10.6 Å². The summed E-state index contributed by atoms with van der Waals surface area (Å²) in [7, 11) is 0. The van der Waals surface area contributed by atoms with Crippen molar-refractivity contribution < 1.29 is 18.0 Å². The van der Waals surface area contributed by atoms with Crippen molar-refractivity contribution in [1.29, 1.82) is 0 Å². The fourth-order valence-electron chi connectivity index (χ4n) is 2.52. The van der Waals surface area contributed by atoms with Crippen molar-refractivity contribution in [3.05, 3.63) is 46.7 Å². The lowest BCUT2D eigenvalue weighted by atomic mass is 10.1. The first-order valence-corrected chi connectivity index (χ1v) is 9.44. The van der Waals surface area contributed by atoms with Gasteiger partial charge >= 0.3 is 6.18 Å². The third kappa shape index (κ3) is 4.38. The molecule has 0 saturated heterocycles. The molecule has 10 heteroatoms. The normalized spacial score (nSPS) is 12.8. The molecule has 0 bridgehead atoms. The number of hydrogen-bond acceptors (Lipinski definition) is 6. The topological polar surface area (TPSA) is 79.8 Å². The number of carbonyl (C=O) groups is 1. The molecule has 148 valence electrons. The van der Waals surface area contributed by atoms with Crippen LogP contribution in [-0.2, 0) is 6.18 Å². The van der Waals surface area contributed by atoms with Crippen molar-refractivity contribution in [3.8, 4) is 0 Å². The first-order valence-electron chi connectivity index (χ1n) is 8.63. The summed E-state index contributed by atoms with van der Waals surface area (Å²) < 4.78 is 39.5. The zero-order chi connectivity index (χ0) is 20.3. The van der Waals surface area contributed by atoms with Gasteiger partial charge in [-0.15, -0.1) is 11.3 Å². The van der Waals surface area contributed by atoms with E-state index < -0.39 is 17.0 Å². The first kappa shape index (κ1) is 20.0. The summed E-state index contributed by atoms with van der Waals surface area (Å²) in [5, 5.41) is 5.69. The molecule has 0 aliphatic rings. The minimum absolute atomic E-state index is 0.0696. The Hall–Kier alpha value is -2.75. The highest BCUT2D eigenvalue weighted by atomic mass is 32.1. The molecule has 0 saturated carbocycles. The number of hydrogen-bond donors (Lipinski definition) is 2. The molecule has 0 unspecified atom stereocenters. The van der Waals surface area contributed by atoms with Crippen LogP contribution in [0.15, 0.2) is 30.6 Å². The van der Waals surface area contributed by atoms with Gasteiger partial charge in [-0.3, -0.25) is 9.78 Å². The maximum Gasteiger partial charge on any atom is 0.425 e. The summed E-state index contributed by atoms with van der Waals surface area (Å²) in [6.45, 7) is 4.12. The van der Waals surface area contributed by atoms with E-state index in [0.29, 0.717) is 24.3 Å². The average Bonchev–Trinajstić information content (AvgIpc) is 3.10. The Morgan fingerprint density at radius 1 is 1.32 bits per heavy atom. The second-order valence-electron chi connectivity index (χ2n) is 6.13. The average molecular weight is 409 g/mol. The Kier molecular flexibility index (Phi) is 5.78. The molecule has 3 rings (SSSR count). The van der Waals surface area contributed by atoms with E-state index in [0.717, 1.165) is 11.6 Å². The number of rotatable bonds is 6. The van der Waals surface area contributed by atoms with Gasteiger partial charge in [-0.2, -0.15) is 13.2 Å². The van der Waals surface area contributed by atoms with Gasteiger partial charge in [0.25, 0.3) is 5.91 Å². The van der Waals surface area contributed by atoms with E-state index in [1.807, 2.05) is 19.9 Å². The molecule has 3 heterocycles. The SMILES string of the molecule is CCCNC(=O)c1nc(N[C@@H](C)c2cccnc2)nc2cc(C(F)(F)F)sc12. The summed E-state index contributed by atoms with van der Waals surface area (Å²) >= 11 is 0.468. The first-order chi connectivity index (χ1) is 13.3. The lowest BCUT2D eigenvalue weighted by molar-refractivity contribution is -0.134. The monoisotopic (exact) mass is 409 g/mol. The zero-order valence-electron chi connectivity index (χ0n) is 15.2. The number of aromatic nitrogens is 3. The number of nitrogens with one attached hydrogen (secondary N) is 2. The van der Waals surface area contributed by atoms with Crippen LogP contribution in [-0.4, -0.2) is 27.4 Å². The van der Waals surface area contributed by atoms with Crippen LogP contribution in [0, 0.1) is 0 Å². The maximum absolute atomic E-state index is 13.1. The molecule has 0 aliphatic heterocycles. The van der Waals surface area contributed by atoms with Crippen LogP contribution in [0.3, 0.4) is 0 Å². The van der Waals surface area contributed by atoms with Crippen LogP contribution >= 0.6 is 11.3 Å². The number of amides is 1. The quantitative estimate of drug-likeness (QED) is 0.630. The number of anilines is 1. The van der Waals surface area contributed by atoms with Crippen LogP contribution in [0.5, 0.6) is 0 Å². The standard InChI is InChI=1S/C18H18F3N5OS/c1-3-6-23-16(27)14-15-12(8-13(28-15)18(19,20)21)25-17(26-14)24-10(2)11-5-4-7-22-9-11/h4-5,7-10H,3,6H2,1-2H3,(H,23,27)(H,24,25,26)/t10-/m0/s1. The van der Waals surface area contributed by atoms with E-state index in [4.69, 9.17) is 0 Å². The van der Waals surface area contributed by atoms with Crippen LogP contribution in [0.4, 0.5) is 19.1 Å². The summed E-state index contributed by atoms with van der Waals surface area (Å²) in [4.78, 5) is 24.1. The van der Waals surface area contributed by atoms with E-state index in [9.17, 15) is 18.0 Å². The molecule has 2 N–H and O–H groups in total. The summed E-state index contributed by atoms with van der Waals surface area (Å²) in [6, 6.07) is 4.32. The second-order valence-corrected chi connectivity index (χ2v) is 7.18. The second kappa shape index (κ2) is 8.09. The molecule has 3 aromatic rings. The van der Waals surface area contributed by atoms with E-state index in [2.05, 4.69) is 25.6 Å². The van der Waals surface area contributed by atoms with Gasteiger partial charge in [0.15, 0.2) is 5.69 Å². The number of thiophene rings is 1. The van der Waals surface area contributed by atoms with Crippen molar-refractivity contribution in [2.24, 2.45) is 0 Å². The molecule has 1 atom stereocenters. The molecular weight excluding hydrogens is 391 g/mol. The molecule has 0 radical (unpaired) electrons. The van der Waals surface area contributed by atoms with Gasteiger partial charge < -0.3 is 10.6 Å². The highest BCUT2D eigenvalue weighted by molar-refractivity contribution is 7.19. The number of pyridine rings is 1. The van der Waals surface area contributed by atoms with E-state index in [-0.39, 0.29) is 27.9 Å². The van der Waals surface area contributed by atoms with Gasteiger partial charge in [-0.05, 0) is 31.0 Å². The number of carbonyl (C=O) groups excluding carboxylic acids is 1. The number of nitrogens with zero attached hydrogens (tertiary/aromatic N) is 3. The van der Waals surface area contributed by atoms with Crippen molar-refractivity contribution in [1.82, 2.24) is 20.3 Å². The van der Waals surface area contributed by atoms with E-state index in [1.54, 1.807) is 18.5 Å². The Labute approximate surface area is 163 Å². The number of fused-ring (bicyclic) bond motifs is 1. The number of halogens is 3. The molecular formula is C18H18F3N5OS. The Morgan fingerprint density at radius 2 is 2.11 bits per heavy atom. The molecule has 0 aromatic carbocycles. The Morgan fingerprint density at radius 3 is 2.75 bits per heavy atom. The fourth-order valence-corrected chi connectivity index (χ4v) is 3.47. The van der Waals surface area contributed by atoms with Gasteiger partial charge in [0, 0.05) is 18.9 Å². The molecule has 0 spiro atoms. The van der Waals surface area contributed by atoms with Crippen LogP contribution in [0.1, 0.15) is 47.2 Å². The lowest BCUT2D eigenvalue weighted by Crippen LogP contribution is -2.25. The van der Waals surface area contributed by atoms with Gasteiger partial charge in [-0.1, -0.05) is 13.0 Å². The molecule has 1 amide bonds. The molecule has 0 aliphatic carbocycles. The van der Waals surface area contributed by atoms with Crippen LogP contribution in [0.25, 0.3) is 10.2 Å². The molecule has 28 heavy (non-hydrogen) atoms. The highest BCUT2D eigenvalue weighted by Gasteiger charge is 2.34. The van der Waals surface area contributed by atoms with E-state index in [1.165, 1.54) is 0 Å². The minimum atomic E-state index is -4.51. The van der Waals surface area contributed by atoms with Crippen LogP contribution in [0.2, 0.25) is 0 Å². The summed E-state index contributed by atoms with van der Waals surface area (Å²) in [5.41, 5.74) is 0.860. The lowest BCUT2D eigenvalue weighted by Gasteiger charge is -2.14.